The third-order valence-electron chi connectivity index (χ3n) is 4.53. The molecule has 0 amide bonds. The summed E-state index contributed by atoms with van der Waals surface area (Å²) in [4.78, 5) is 0. The molecule has 132 valence electrons. The van der Waals surface area contributed by atoms with Gasteiger partial charge in [-0.25, -0.2) is 0 Å². The minimum atomic E-state index is -4.31. The first-order valence-corrected chi connectivity index (χ1v) is 8.76. The first kappa shape index (κ1) is 17.6. The summed E-state index contributed by atoms with van der Waals surface area (Å²) in [6, 6.07) is 13.6. The van der Waals surface area contributed by atoms with Crippen LogP contribution in [0.15, 0.2) is 48.5 Å². The van der Waals surface area contributed by atoms with E-state index in [2.05, 4.69) is 24.5 Å². The second-order valence-electron chi connectivity index (χ2n) is 6.32. The Morgan fingerprint density at radius 3 is 2.08 bits per heavy atom. The summed E-state index contributed by atoms with van der Waals surface area (Å²) in [5.74, 6) is 0. The summed E-state index contributed by atoms with van der Waals surface area (Å²) < 4.78 is 40.7. The normalized spacial score (nSPS) is 12.0. The van der Waals surface area contributed by atoms with Gasteiger partial charge in [0.1, 0.15) is 0 Å². The van der Waals surface area contributed by atoms with Crippen molar-refractivity contribution in [3.05, 3.63) is 65.4 Å². The number of fused-ring (bicyclic) bond motifs is 1. The maximum absolute atomic E-state index is 12.9. The molecule has 25 heavy (non-hydrogen) atoms. The minimum absolute atomic E-state index is 0.612. The van der Waals surface area contributed by atoms with Crippen LogP contribution in [0.1, 0.15) is 43.5 Å². The highest BCUT2D eigenvalue weighted by molar-refractivity contribution is 5.87. The number of halogens is 3. The van der Waals surface area contributed by atoms with Crippen LogP contribution < -0.4 is 0 Å². The van der Waals surface area contributed by atoms with Gasteiger partial charge < -0.3 is 4.57 Å². The lowest BCUT2D eigenvalue weighted by atomic mass is 10.0. The number of benzene rings is 2. The Bertz CT molecular complexity index is 857. The molecule has 0 fully saturated rings. The fourth-order valence-corrected chi connectivity index (χ4v) is 3.48. The molecule has 0 saturated heterocycles. The SMILES string of the molecule is CCCc1c(CCC)n(-c2ccc(C(F)(F)F)cc2)c2ccccc12. The van der Waals surface area contributed by atoms with E-state index in [0.29, 0.717) is 0 Å². The van der Waals surface area contributed by atoms with Crippen molar-refractivity contribution < 1.29 is 13.2 Å². The van der Waals surface area contributed by atoms with Gasteiger partial charge in [-0.2, -0.15) is 13.2 Å². The summed E-state index contributed by atoms with van der Waals surface area (Å²) in [6.07, 6.45) is -0.392. The van der Waals surface area contributed by atoms with E-state index < -0.39 is 11.7 Å². The summed E-state index contributed by atoms with van der Waals surface area (Å²) in [5, 5.41) is 1.20. The molecule has 0 saturated carbocycles. The monoisotopic (exact) mass is 345 g/mol. The number of aryl methyl sites for hydroxylation is 1. The van der Waals surface area contributed by atoms with E-state index >= 15 is 0 Å². The molecule has 0 aliphatic carbocycles. The van der Waals surface area contributed by atoms with E-state index in [1.165, 1.54) is 28.8 Å². The zero-order valence-electron chi connectivity index (χ0n) is 14.5. The first-order chi connectivity index (χ1) is 12.0. The zero-order chi connectivity index (χ0) is 18.0. The lowest BCUT2D eigenvalue weighted by Gasteiger charge is -2.13. The Kier molecular flexibility index (Phi) is 4.89. The van der Waals surface area contributed by atoms with Crippen LogP contribution in [0.5, 0.6) is 0 Å². The van der Waals surface area contributed by atoms with E-state index in [9.17, 15) is 13.2 Å². The Hall–Kier alpha value is -2.23. The lowest BCUT2D eigenvalue weighted by Crippen LogP contribution is -2.06. The van der Waals surface area contributed by atoms with Gasteiger partial charge >= 0.3 is 6.18 Å². The van der Waals surface area contributed by atoms with Gasteiger partial charge in [-0.15, -0.1) is 0 Å². The lowest BCUT2D eigenvalue weighted by molar-refractivity contribution is -0.137. The number of alkyl halides is 3. The van der Waals surface area contributed by atoms with Crippen LogP contribution in [-0.2, 0) is 19.0 Å². The van der Waals surface area contributed by atoms with Gasteiger partial charge in [-0.3, -0.25) is 0 Å². The molecule has 0 unspecified atom stereocenters. The first-order valence-electron chi connectivity index (χ1n) is 8.76. The highest BCUT2D eigenvalue weighted by Gasteiger charge is 2.30. The molecule has 3 aromatic rings. The number of hydrogen-bond acceptors (Lipinski definition) is 0. The molecule has 0 bridgehead atoms. The summed E-state index contributed by atoms with van der Waals surface area (Å²) in [5.41, 5.74) is 3.77. The van der Waals surface area contributed by atoms with Gasteiger partial charge in [0.25, 0.3) is 0 Å². The highest BCUT2D eigenvalue weighted by atomic mass is 19.4. The van der Waals surface area contributed by atoms with Crippen LogP contribution >= 0.6 is 0 Å². The van der Waals surface area contributed by atoms with Gasteiger partial charge in [0.2, 0.25) is 0 Å². The van der Waals surface area contributed by atoms with Gasteiger partial charge in [0, 0.05) is 16.8 Å². The average molecular weight is 345 g/mol. The van der Waals surface area contributed by atoms with Crippen LogP contribution in [0.2, 0.25) is 0 Å². The molecule has 0 aliphatic rings. The van der Waals surface area contributed by atoms with Crippen molar-refractivity contribution in [1.82, 2.24) is 4.57 Å². The molecule has 1 nitrogen and oxygen atoms in total. The van der Waals surface area contributed by atoms with Gasteiger partial charge in [-0.1, -0.05) is 44.9 Å². The Morgan fingerprint density at radius 2 is 1.48 bits per heavy atom. The van der Waals surface area contributed by atoms with E-state index in [1.807, 2.05) is 18.2 Å². The average Bonchev–Trinajstić information content (AvgIpc) is 2.89. The van der Waals surface area contributed by atoms with Crippen molar-refractivity contribution in [2.75, 3.05) is 0 Å². The molecule has 0 atom stereocenters. The van der Waals surface area contributed by atoms with E-state index in [-0.39, 0.29) is 0 Å². The third kappa shape index (κ3) is 3.30. The molecular formula is C21H22F3N. The van der Waals surface area contributed by atoms with Crippen LogP contribution in [0, 0.1) is 0 Å². The van der Waals surface area contributed by atoms with Gasteiger partial charge in [0.05, 0.1) is 11.1 Å². The van der Waals surface area contributed by atoms with Crippen molar-refractivity contribution in [3.63, 3.8) is 0 Å². The van der Waals surface area contributed by atoms with Crippen LogP contribution in [0.3, 0.4) is 0 Å². The van der Waals surface area contributed by atoms with Crippen molar-refractivity contribution in [3.8, 4) is 5.69 Å². The third-order valence-corrected chi connectivity index (χ3v) is 4.53. The Morgan fingerprint density at radius 1 is 0.840 bits per heavy atom. The standard InChI is InChI=1S/C21H22F3N/c1-3-7-17-18-9-5-6-10-20(18)25(19(17)8-4-2)16-13-11-15(12-14-16)21(22,23)24/h5-6,9-14H,3-4,7-8H2,1-2H3. The van der Waals surface area contributed by atoms with E-state index in [0.717, 1.165) is 36.9 Å². The number of para-hydroxylation sites is 1. The fraction of sp³-hybridized carbons (Fsp3) is 0.333. The predicted octanol–water partition coefficient (Wildman–Crippen LogP) is 6.55. The van der Waals surface area contributed by atoms with Crippen molar-refractivity contribution in [2.45, 2.75) is 45.7 Å². The van der Waals surface area contributed by atoms with E-state index in [1.54, 1.807) is 12.1 Å². The predicted molar refractivity (Wildman–Crippen MR) is 96.3 cm³/mol. The highest BCUT2D eigenvalue weighted by Crippen LogP contribution is 2.33. The smallest absolute Gasteiger partial charge is 0.313 e. The molecule has 1 heterocycles. The van der Waals surface area contributed by atoms with E-state index in [4.69, 9.17) is 0 Å². The number of aromatic nitrogens is 1. The molecule has 0 aliphatic heterocycles. The summed E-state index contributed by atoms with van der Waals surface area (Å²) >= 11 is 0. The van der Waals surface area contributed by atoms with Crippen LogP contribution in [0.4, 0.5) is 13.2 Å². The van der Waals surface area contributed by atoms with Crippen molar-refractivity contribution >= 4 is 10.9 Å². The Balaban J connectivity index is 2.22. The zero-order valence-corrected chi connectivity index (χ0v) is 14.5. The molecular weight excluding hydrogens is 323 g/mol. The molecule has 0 spiro atoms. The molecule has 1 aromatic heterocycles. The fourth-order valence-electron chi connectivity index (χ4n) is 3.48. The second kappa shape index (κ2) is 6.95. The van der Waals surface area contributed by atoms with Gasteiger partial charge in [0.15, 0.2) is 0 Å². The number of nitrogens with zero attached hydrogens (tertiary/aromatic N) is 1. The van der Waals surface area contributed by atoms with Crippen LogP contribution in [-0.4, -0.2) is 4.57 Å². The summed E-state index contributed by atoms with van der Waals surface area (Å²) in [7, 11) is 0. The molecule has 0 N–H and O–H groups in total. The number of rotatable bonds is 5. The quantitative estimate of drug-likeness (QED) is 0.494. The summed E-state index contributed by atoms with van der Waals surface area (Å²) in [6.45, 7) is 4.28. The van der Waals surface area contributed by atoms with Gasteiger partial charge in [-0.05, 0) is 48.7 Å². The molecule has 4 heteroatoms. The maximum atomic E-state index is 12.9. The van der Waals surface area contributed by atoms with Crippen molar-refractivity contribution in [1.29, 1.82) is 0 Å². The maximum Gasteiger partial charge on any atom is 0.416 e. The Labute approximate surface area is 146 Å². The topological polar surface area (TPSA) is 4.93 Å². The largest absolute Gasteiger partial charge is 0.416 e. The molecule has 3 rings (SSSR count). The molecule has 0 radical (unpaired) electrons. The van der Waals surface area contributed by atoms with Crippen LogP contribution in [0.25, 0.3) is 16.6 Å². The minimum Gasteiger partial charge on any atom is -0.313 e. The molecule has 2 aromatic carbocycles. The second-order valence-corrected chi connectivity index (χ2v) is 6.32. The number of hydrogen-bond donors (Lipinski definition) is 0. The van der Waals surface area contributed by atoms with Crippen molar-refractivity contribution in [2.24, 2.45) is 0 Å².